The van der Waals surface area contributed by atoms with Crippen molar-refractivity contribution in [2.45, 2.75) is 12.8 Å². The summed E-state index contributed by atoms with van der Waals surface area (Å²) in [5.74, 6) is 1.67. The lowest BCUT2D eigenvalue weighted by atomic mass is 10.1. The molecule has 0 saturated carbocycles. The Morgan fingerprint density at radius 1 is 0.923 bits per heavy atom. The number of nitrogens with one attached hydrogen (secondary N) is 1. The summed E-state index contributed by atoms with van der Waals surface area (Å²) in [4.78, 5) is 11.9. The van der Waals surface area contributed by atoms with Gasteiger partial charge in [-0.1, -0.05) is 42.5 Å². The van der Waals surface area contributed by atoms with Crippen LogP contribution in [0.15, 0.2) is 66.7 Å². The molecule has 0 radical (unpaired) electrons. The van der Waals surface area contributed by atoms with E-state index >= 15 is 0 Å². The lowest BCUT2D eigenvalue weighted by Crippen LogP contribution is -2.28. The van der Waals surface area contributed by atoms with Gasteiger partial charge >= 0.3 is 0 Å². The van der Waals surface area contributed by atoms with E-state index in [2.05, 4.69) is 17.4 Å². The quantitative estimate of drug-likeness (QED) is 0.626. The fourth-order valence-corrected chi connectivity index (χ4v) is 2.75. The number of ether oxygens (including phenoxy) is 2. The first-order valence-corrected chi connectivity index (χ1v) is 8.76. The zero-order valence-electron chi connectivity index (χ0n) is 14.9. The molecule has 0 fully saturated rings. The smallest absolute Gasteiger partial charge is 0.220 e. The Morgan fingerprint density at radius 3 is 2.42 bits per heavy atom. The average Bonchev–Trinajstić information content (AvgIpc) is 2.70. The van der Waals surface area contributed by atoms with Gasteiger partial charge in [-0.25, -0.2) is 0 Å². The Labute approximate surface area is 153 Å². The number of benzene rings is 3. The molecule has 0 aliphatic rings. The van der Waals surface area contributed by atoms with Crippen molar-refractivity contribution in [3.05, 3.63) is 72.3 Å². The van der Waals surface area contributed by atoms with Crippen molar-refractivity contribution >= 4 is 16.7 Å². The molecule has 3 aromatic carbocycles. The van der Waals surface area contributed by atoms with E-state index in [1.165, 1.54) is 5.39 Å². The molecule has 4 nitrogen and oxygen atoms in total. The van der Waals surface area contributed by atoms with Crippen LogP contribution in [0.4, 0.5) is 0 Å². The van der Waals surface area contributed by atoms with Crippen molar-refractivity contribution < 1.29 is 14.3 Å². The fourth-order valence-electron chi connectivity index (χ4n) is 2.75. The molecule has 0 aromatic heterocycles. The lowest BCUT2D eigenvalue weighted by Gasteiger charge is -2.09. The molecule has 134 valence electrons. The second-order valence-corrected chi connectivity index (χ2v) is 6.06. The molecule has 0 aliphatic heterocycles. The highest BCUT2D eigenvalue weighted by molar-refractivity contribution is 5.83. The first kappa shape index (κ1) is 17.8. The molecule has 26 heavy (non-hydrogen) atoms. The van der Waals surface area contributed by atoms with E-state index < -0.39 is 0 Å². The number of hydrogen-bond acceptors (Lipinski definition) is 3. The molecule has 0 atom stereocenters. The number of aryl methyl sites for hydroxylation is 1. The fraction of sp³-hybridized carbons (Fsp3) is 0.227. The Bertz CT molecular complexity index is 859. The molecule has 3 rings (SSSR count). The van der Waals surface area contributed by atoms with Crippen LogP contribution in [0.2, 0.25) is 0 Å². The Balaban J connectivity index is 1.37. The number of rotatable bonds is 8. The third kappa shape index (κ3) is 4.99. The largest absolute Gasteiger partial charge is 0.497 e. The molecular weight excluding hydrogens is 326 g/mol. The summed E-state index contributed by atoms with van der Waals surface area (Å²) in [5, 5.41) is 5.23. The van der Waals surface area contributed by atoms with Gasteiger partial charge in [0.05, 0.1) is 13.7 Å². The lowest BCUT2D eigenvalue weighted by molar-refractivity contribution is -0.121. The predicted molar refractivity (Wildman–Crippen MR) is 104 cm³/mol. The SMILES string of the molecule is COc1ccc(CCC(=O)NCCOc2ccc3ccccc3c2)cc1. The van der Waals surface area contributed by atoms with Crippen LogP contribution < -0.4 is 14.8 Å². The summed E-state index contributed by atoms with van der Waals surface area (Å²) in [7, 11) is 1.64. The maximum absolute atomic E-state index is 11.9. The van der Waals surface area contributed by atoms with Crippen LogP contribution in [0, 0.1) is 0 Å². The van der Waals surface area contributed by atoms with Gasteiger partial charge in [0.25, 0.3) is 0 Å². The van der Waals surface area contributed by atoms with Gasteiger partial charge in [-0.2, -0.15) is 0 Å². The second-order valence-electron chi connectivity index (χ2n) is 6.06. The van der Waals surface area contributed by atoms with E-state index in [1.807, 2.05) is 54.6 Å². The third-order valence-electron chi connectivity index (χ3n) is 4.21. The van der Waals surface area contributed by atoms with Crippen LogP contribution in [0.5, 0.6) is 11.5 Å². The topological polar surface area (TPSA) is 47.6 Å². The van der Waals surface area contributed by atoms with E-state index in [4.69, 9.17) is 9.47 Å². The van der Waals surface area contributed by atoms with Crippen LogP contribution in [0.1, 0.15) is 12.0 Å². The molecule has 1 amide bonds. The van der Waals surface area contributed by atoms with Crippen LogP contribution in [0.3, 0.4) is 0 Å². The Kier molecular flexibility index (Phi) is 6.09. The highest BCUT2D eigenvalue weighted by atomic mass is 16.5. The molecule has 4 heteroatoms. The summed E-state index contributed by atoms with van der Waals surface area (Å²) >= 11 is 0. The van der Waals surface area contributed by atoms with Gasteiger partial charge < -0.3 is 14.8 Å². The van der Waals surface area contributed by atoms with Crippen LogP contribution in [0.25, 0.3) is 10.8 Å². The minimum Gasteiger partial charge on any atom is -0.497 e. The Morgan fingerprint density at radius 2 is 1.65 bits per heavy atom. The van der Waals surface area contributed by atoms with E-state index in [1.54, 1.807) is 7.11 Å². The van der Waals surface area contributed by atoms with E-state index in [-0.39, 0.29) is 5.91 Å². The molecule has 0 unspecified atom stereocenters. The maximum atomic E-state index is 11.9. The molecule has 3 aromatic rings. The number of methoxy groups -OCH3 is 1. The van der Waals surface area contributed by atoms with E-state index in [0.717, 1.165) is 22.4 Å². The Hall–Kier alpha value is -3.01. The van der Waals surface area contributed by atoms with Gasteiger partial charge in [0, 0.05) is 6.42 Å². The predicted octanol–water partition coefficient (Wildman–Crippen LogP) is 3.98. The van der Waals surface area contributed by atoms with Crippen molar-refractivity contribution in [2.75, 3.05) is 20.3 Å². The van der Waals surface area contributed by atoms with Crippen molar-refractivity contribution in [3.8, 4) is 11.5 Å². The third-order valence-corrected chi connectivity index (χ3v) is 4.21. The van der Waals surface area contributed by atoms with Gasteiger partial charge in [-0.15, -0.1) is 0 Å². The van der Waals surface area contributed by atoms with Crippen LogP contribution in [-0.4, -0.2) is 26.2 Å². The maximum Gasteiger partial charge on any atom is 0.220 e. The number of carbonyl (C=O) groups excluding carboxylic acids is 1. The summed E-state index contributed by atoms with van der Waals surface area (Å²) in [6.07, 6.45) is 1.17. The van der Waals surface area contributed by atoms with Gasteiger partial charge in [0.15, 0.2) is 0 Å². The van der Waals surface area contributed by atoms with Crippen LogP contribution in [-0.2, 0) is 11.2 Å². The van der Waals surface area contributed by atoms with Crippen molar-refractivity contribution in [3.63, 3.8) is 0 Å². The van der Waals surface area contributed by atoms with Crippen molar-refractivity contribution in [2.24, 2.45) is 0 Å². The molecule has 1 N–H and O–H groups in total. The highest BCUT2D eigenvalue weighted by Gasteiger charge is 2.03. The zero-order chi connectivity index (χ0) is 18.2. The van der Waals surface area contributed by atoms with Gasteiger partial charge in [-0.05, 0) is 47.0 Å². The molecular formula is C22H23NO3. The van der Waals surface area contributed by atoms with Crippen LogP contribution >= 0.6 is 0 Å². The number of fused-ring (bicyclic) bond motifs is 1. The zero-order valence-corrected chi connectivity index (χ0v) is 14.9. The summed E-state index contributed by atoms with van der Waals surface area (Å²) < 4.78 is 10.9. The minimum absolute atomic E-state index is 0.0305. The minimum atomic E-state index is 0.0305. The molecule has 0 bridgehead atoms. The number of amides is 1. The monoisotopic (exact) mass is 349 g/mol. The van der Waals surface area contributed by atoms with E-state index in [0.29, 0.717) is 26.0 Å². The van der Waals surface area contributed by atoms with Gasteiger partial charge in [0.2, 0.25) is 5.91 Å². The standard InChI is InChI=1S/C22H23NO3/c1-25-20-10-6-17(7-11-20)8-13-22(24)23-14-15-26-21-12-9-18-4-2-3-5-19(18)16-21/h2-7,9-12,16H,8,13-15H2,1H3,(H,23,24). The number of carbonyl (C=O) groups is 1. The van der Waals surface area contributed by atoms with Gasteiger partial charge in [0.1, 0.15) is 18.1 Å². The molecule has 0 heterocycles. The molecule has 0 aliphatic carbocycles. The number of hydrogen-bond donors (Lipinski definition) is 1. The van der Waals surface area contributed by atoms with Gasteiger partial charge in [-0.3, -0.25) is 4.79 Å². The molecule has 0 spiro atoms. The summed E-state index contributed by atoms with van der Waals surface area (Å²) in [6, 6.07) is 21.9. The average molecular weight is 349 g/mol. The second kappa shape index (κ2) is 8.90. The first-order valence-electron chi connectivity index (χ1n) is 8.76. The van der Waals surface area contributed by atoms with Crippen molar-refractivity contribution in [1.82, 2.24) is 5.32 Å². The first-order chi connectivity index (χ1) is 12.7. The molecule has 0 saturated heterocycles. The summed E-state index contributed by atoms with van der Waals surface area (Å²) in [6.45, 7) is 0.945. The normalized spacial score (nSPS) is 10.5. The van der Waals surface area contributed by atoms with E-state index in [9.17, 15) is 4.79 Å². The van der Waals surface area contributed by atoms with Crippen molar-refractivity contribution in [1.29, 1.82) is 0 Å². The highest BCUT2D eigenvalue weighted by Crippen LogP contribution is 2.20. The summed E-state index contributed by atoms with van der Waals surface area (Å²) in [5.41, 5.74) is 1.12.